The Morgan fingerprint density at radius 2 is 1.90 bits per heavy atom. The molecule has 0 amide bonds. The zero-order chi connectivity index (χ0) is 15.8. The molecule has 1 atom stereocenters. The Kier molecular flexibility index (Phi) is 13.7. The van der Waals surface area contributed by atoms with Crippen molar-refractivity contribution in [2.45, 2.75) is 58.0 Å². The van der Waals surface area contributed by atoms with E-state index in [-0.39, 0.29) is 6.42 Å². The molecule has 118 valence electrons. The van der Waals surface area contributed by atoms with Gasteiger partial charge in [-0.3, -0.25) is 0 Å². The van der Waals surface area contributed by atoms with Crippen LogP contribution in [0.3, 0.4) is 0 Å². The number of hydrogen-bond donors (Lipinski definition) is 1. The first-order valence-corrected chi connectivity index (χ1v) is 7.68. The van der Waals surface area contributed by atoms with Crippen molar-refractivity contribution in [2.75, 3.05) is 0 Å². The molecule has 0 heterocycles. The van der Waals surface area contributed by atoms with Gasteiger partial charge >= 0.3 is 0 Å². The molecule has 1 unspecified atom stereocenters. The number of carboxylic acids is 1. The van der Waals surface area contributed by atoms with Gasteiger partial charge in [0.25, 0.3) is 0 Å². The van der Waals surface area contributed by atoms with Crippen molar-refractivity contribution < 1.29 is 15.0 Å². The van der Waals surface area contributed by atoms with Crippen molar-refractivity contribution >= 4 is 5.97 Å². The van der Waals surface area contributed by atoms with Crippen LogP contribution in [0.4, 0.5) is 0 Å². The van der Waals surface area contributed by atoms with Crippen molar-refractivity contribution in [3.63, 3.8) is 0 Å². The highest BCUT2D eigenvalue weighted by Gasteiger charge is 1.93. The molecule has 0 aromatic carbocycles. The van der Waals surface area contributed by atoms with Gasteiger partial charge in [-0.15, -0.1) is 0 Å². The SMILES string of the molecule is CC/C=C\C/C=C\C=C\C(O)C/C=C\CCCCC(=O)[O-]. The van der Waals surface area contributed by atoms with Gasteiger partial charge in [-0.25, -0.2) is 0 Å². The lowest BCUT2D eigenvalue weighted by molar-refractivity contribution is -0.305. The van der Waals surface area contributed by atoms with Crippen LogP contribution < -0.4 is 5.11 Å². The summed E-state index contributed by atoms with van der Waals surface area (Å²) in [6, 6.07) is 0. The second-order valence-electron chi connectivity index (χ2n) is 4.82. The number of carbonyl (C=O) groups excluding carboxylic acids is 1. The molecule has 0 aliphatic heterocycles. The number of carboxylic acid groups (broad SMARTS) is 1. The molecule has 0 radical (unpaired) electrons. The molecule has 21 heavy (non-hydrogen) atoms. The molecule has 0 saturated heterocycles. The number of unbranched alkanes of at least 4 members (excludes halogenated alkanes) is 2. The van der Waals surface area contributed by atoms with E-state index in [1.807, 2.05) is 30.4 Å². The first-order chi connectivity index (χ1) is 10.2. The minimum atomic E-state index is -0.988. The van der Waals surface area contributed by atoms with Crippen LogP contribution in [0.2, 0.25) is 0 Å². The lowest BCUT2D eigenvalue weighted by Crippen LogP contribution is -2.21. The van der Waals surface area contributed by atoms with Crippen LogP contribution in [0, 0.1) is 0 Å². The fraction of sp³-hybridized carbons (Fsp3) is 0.500. The van der Waals surface area contributed by atoms with Gasteiger partial charge in [-0.05, 0) is 44.9 Å². The monoisotopic (exact) mass is 291 g/mol. The van der Waals surface area contributed by atoms with Crippen molar-refractivity contribution in [3.8, 4) is 0 Å². The van der Waals surface area contributed by atoms with Crippen LogP contribution in [0.15, 0.2) is 48.6 Å². The number of allylic oxidation sites excluding steroid dienone is 6. The van der Waals surface area contributed by atoms with Gasteiger partial charge < -0.3 is 15.0 Å². The second kappa shape index (κ2) is 14.8. The molecule has 3 nitrogen and oxygen atoms in total. The summed E-state index contributed by atoms with van der Waals surface area (Å²) in [4.78, 5) is 10.2. The number of carbonyl (C=O) groups is 1. The maximum atomic E-state index is 10.2. The summed E-state index contributed by atoms with van der Waals surface area (Å²) in [6.45, 7) is 2.10. The van der Waals surface area contributed by atoms with E-state index < -0.39 is 12.1 Å². The van der Waals surface area contributed by atoms with E-state index in [9.17, 15) is 15.0 Å². The number of aliphatic hydroxyl groups excluding tert-OH is 1. The minimum Gasteiger partial charge on any atom is -0.550 e. The van der Waals surface area contributed by atoms with Gasteiger partial charge in [0.15, 0.2) is 0 Å². The van der Waals surface area contributed by atoms with E-state index in [1.54, 1.807) is 6.08 Å². The number of rotatable bonds is 12. The standard InChI is InChI=1S/C18H28O3/c1-2-3-4-5-6-8-11-14-17(19)15-12-9-7-10-13-16-18(20)21/h3-4,6,8-9,11-12,14,17,19H,2,5,7,10,13,15-16H2,1H3,(H,20,21)/p-1/b4-3-,8-6-,12-9-,14-11+. The van der Waals surface area contributed by atoms with Gasteiger partial charge in [0.1, 0.15) is 0 Å². The first-order valence-electron chi connectivity index (χ1n) is 7.68. The average Bonchev–Trinajstić information content (AvgIpc) is 2.45. The third-order valence-electron chi connectivity index (χ3n) is 2.80. The first kappa shape index (κ1) is 19.4. The summed E-state index contributed by atoms with van der Waals surface area (Å²) in [5, 5.41) is 19.9. The molecule has 0 aliphatic rings. The minimum absolute atomic E-state index is 0.124. The Morgan fingerprint density at radius 1 is 1.10 bits per heavy atom. The highest BCUT2D eigenvalue weighted by atomic mass is 16.4. The fourth-order valence-electron chi connectivity index (χ4n) is 1.65. The zero-order valence-electron chi connectivity index (χ0n) is 12.9. The molecule has 0 aromatic heterocycles. The Balaban J connectivity index is 3.62. The van der Waals surface area contributed by atoms with E-state index in [0.29, 0.717) is 12.8 Å². The van der Waals surface area contributed by atoms with Crippen molar-refractivity contribution in [1.82, 2.24) is 0 Å². The molecule has 1 N–H and O–H groups in total. The van der Waals surface area contributed by atoms with Crippen LogP contribution in [0.5, 0.6) is 0 Å². The quantitative estimate of drug-likeness (QED) is 0.341. The largest absolute Gasteiger partial charge is 0.550 e. The van der Waals surface area contributed by atoms with E-state index >= 15 is 0 Å². The third kappa shape index (κ3) is 16.3. The van der Waals surface area contributed by atoms with Gasteiger partial charge in [0.2, 0.25) is 0 Å². The zero-order valence-corrected chi connectivity index (χ0v) is 12.9. The van der Waals surface area contributed by atoms with Crippen LogP contribution in [0.25, 0.3) is 0 Å². The van der Waals surface area contributed by atoms with Crippen LogP contribution >= 0.6 is 0 Å². The molecular formula is C18H27O3-. The molecular weight excluding hydrogens is 264 g/mol. The summed E-state index contributed by atoms with van der Waals surface area (Å²) >= 11 is 0. The molecule has 0 aromatic rings. The highest BCUT2D eigenvalue weighted by Crippen LogP contribution is 2.02. The molecule has 0 aliphatic carbocycles. The molecule has 3 heteroatoms. The molecule has 0 rings (SSSR count). The van der Waals surface area contributed by atoms with E-state index in [0.717, 1.165) is 25.7 Å². The number of aliphatic hydroxyl groups is 1. The van der Waals surface area contributed by atoms with Gasteiger partial charge in [-0.1, -0.05) is 55.5 Å². The van der Waals surface area contributed by atoms with Gasteiger partial charge in [-0.2, -0.15) is 0 Å². The Hall–Kier alpha value is -1.61. The normalized spacial score (nSPS) is 14.0. The van der Waals surface area contributed by atoms with Crippen LogP contribution in [-0.2, 0) is 4.79 Å². The topological polar surface area (TPSA) is 60.4 Å². The van der Waals surface area contributed by atoms with E-state index in [1.165, 1.54) is 0 Å². The molecule has 0 fully saturated rings. The Bertz CT molecular complexity index is 365. The summed E-state index contributed by atoms with van der Waals surface area (Å²) in [5.74, 6) is -0.988. The smallest absolute Gasteiger partial charge is 0.0758 e. The average molecular weight is 291 g/mol. The maximum Gasteiger partial charge on any atom is 0.0758 e. The summed E-state index contributed by atoms with van der Waals surface area (Å²) in [6.07, 6.45) is 20.3. The predicted molar refractivity (Wildman–Crippen MR) is 85.6 cm³/mol. The summed E-state index contributed by atoms with van der Waals surface area (Å²) in [5.41, 5.74) is 0. The van der Waals surface area contributed by atoms with E-state index in [2.05, 4.69) is 19.1 Å². The lowest BCUT2D eigenvalue weighted by atomic mass is 10.1. The van der Waals surface area contributed by atoms with Crippen LogP contribution in [-0.4, -0.2) is 17.2 Å². The number of aliphatic carboxylic acids is 1. The molecule has 0 spiro atoms. The fourth-order valence-corrected chi connectivity index (χ4v) is 1.65. The summed E-state index contributed by atoms with van der Waals surface area (Å²) in [7, 11) is 0. The number of hydrogen-bond acceptors (Lipinski definition) is 3. The highest BCUT2D eigenvalue weighted by molar-refractivity contribution is 5.64. The Labute approximate surface area is 128 Å². The van der Waals surface area contributed by atoms with E-state index in [4.69, 9.17) is 0 Å². The van der Waals surface area contributed by atoms with Crippen molar-refractivity contribution in [2.24, 2.45) is 0 Å². The Morgan fingerprint density at radius 3 is 2.62 bits per heavy atom. The van der Waals surface area contributed by atoms with Gasteiger partial charge in [0.05, 0.1) is 6.10 Å². The van der Waals surface area contributed by atoms with Crippen molar-refractivity contribution in [3.05, 3.63) is 48.6 Å². The third-order valence-corrected chi connectivity index (χ3v) is 2.80. The predicted octanol–water partition coefficient (Wildman–Crippen LogP) is 3.07. The van der Waals surface area contributed by atoms with Gasteiger partial charge in [0, 0.05) is 5.97 Å². The lowest BCUT2D eigenvalue weighted by Gasteiger charge is -2.00. The van der Waals surface area contributed by atoms with Crippen LogP contribution in [0.1, 0.15) is 51.9 Å². The summed E-state index contributed by atoms with van der Waals surface area (Å²) < 4.78 is 0. The molecule has 0 bridgehead atoms. The van der Waals surface area contributed by atoms with Crippen molar-refractivity contribution in [1.29, 1.82) is 0 Å². The second-order valence-corrected chi connectivity index (χ2v) is 4.82. The molecule has 0 saturated carbocycles. The maximum absolute atomic E-state index is 10.2.